The number of amides is 2. The lowest BCUT2D eigenvalue weighted by atomic mass is 10.0. The Kier molecular flexibility index (Phi) is 6.11. The van der Waals surface area contributed by atoms with Crippen LogP contribution in [0.4, 0.5) is 0 Å². The molecule has 0 radical (unpaired) electrons. The van der Waals surface area contributed by atoms with E-state index in [4.69, 9.17) is 10.9 Å². The van der Waals surface area contributed by atoms with Gasteiger partial charge in [-0.2, -0.15) is 0 Å². The van der Waals surface area contributed by atoms with Crippen molar-refractivity contribution in [3.63, 3.8) is 0 Å². The van der Waals surface area contributed by atoms with Gasteiger partial charge in [0.25, 0.3) is 0 Å². The molecule has 5 N–H and O–H groups in total. The number of oxime groups is 1. The first-order valence-electron chi connectivity index (χ1n) is 6.63. The maximum Gasteiger partial charge on any atom is 0.230 e. The Morgan fingerprint density at radius 3 is 2.53 bits per heavy atom. The summed E-state index contributed by atoms with van der Waals surface area (Å²) in [5.74, 6) is -0.759. The first-order chi connectivity index (χ1) is 9.10. The van der Waals surface area contributed by atoms with Gasteiger partial charge in [0, 0.05) is 19.0 Å². The maximum atomic E-state index is 11.8. The molecule has 0 aliphatic heterocycles. The number of nitrogens with one attached hydrogen (secondary N) is 2. The standard InChI is InChI=1S/C12H22N4O3/c1-2-3-9(10(13)16-19)12(18)15-7-6-14-11(17)8-4-5-8/h8-9,19H,2-7H2,1H3,(H2,13,16)(H,14,17)(H,15,18). The average molecular weight is 270 g/mol. The van der Waals surface area contributed by atoms with Crippen molar-refractivity contribution in [2.45, 2.75) is 32.6 Å². The summed E-state index contributed by atoms with van der Waals surface area (Å²) in [6, 6.07) is 0. The Hall–Kier alpha value is -1.79. The van der Waals surface area contributed by atoms with Crippen LogP contribution in [0.5, 0.6) is 0 Å². The third-order valence-corrected chi connectivity index (χ3v) is 3.04. The molecule has 0 spiro atoms. The van der Waals surface area contributed by atoms with E-state index in [-0.39, 0.29) is 23.6 Å². The van der Waals surface area contributed by atoms with Crippen molar-refractivity contribution < 1.29 is 14.8 Å². The zero-order valence-corrected chi connectivity index (χ0v) is 11.2. The first-order valence-corrected chi connectivity index (χ1v) is 6.63. The number of nitrogens with zero attached hydrogens (tertiary/aromatic N) is 1. The van der Waals surface area contributed by atoms with Crippen LogP contribution < -0.4 is 16.4 Å². The molecule has 1 aliphatic carbocycles. The Bertz CT molecular complexity index is 353. The van der Waals surface area contributed by atoms with Crippen LogP contribution in [0.15, 0.2) is 5.16 Å². The van der Waals surface area contributed by atoms with Crippen molar-refractivity contribution in [1.82, 2.24) is 10.6 Å². The topological polar surface area (TPSA) is 117 Å². The highest BCUT2D eigenvalue weighted by Crippen LogP contribution is 2.28. The number of carbonyl (C=O) groups excluding carboxylic acids is 2. The second-order valence-corrected chi connectivity index (χ2v) is 4.72. The fourth-order valence-corrected chi connectivity index (χ4v) is 1.76. The number of amidine groups is 1. The molecule has 19 heavy (non-hydrogen) atoms. The van der Waals surface area contributed by atoms with Gasteiger partial charge < -0.3 is 21.6 Å². The number of rotatable bonds is 8. The molecule has 1 fully saturated rings. The molecule has 1 atom stereocenters. The number of carbonyl (C=O) groups is 2. The van der Waals surface area contributed by atoms with Gasteiger partial charge >= 0.3 is 0 Å². The van der Waals surface area contributed by atoms with Crippen molar-refractivity contribution in [2.24, 2.45) is 22.7 Å². The van der Waals surface area contributed by atoms with E-state index in [9.17, 15) is 9.59 Å². The van der Waals surface area contributed by atoms with Crippen molar-refractivity contribution in [3.8, 4) is 0 Å². The highest BCUT2D eigenvalue weighted by Gasteiger charge is 2.29. The number of hydrogen-bond donors (Lipinski definition) is 4. The molecule has 1 saturated carbocycles. The summed E-state index contributed by atoms with van der Waals surface area (Å²) < 4.78 is 0. The SMILES string of the molecule is CCCC(C(=O)NCCNC(=O)C1CC1)C(N)=NO. The van der Waals surface area contributed by atoms with E-state index >= 15 is 0 Å². The zero-order valence-electron chi connectivity index (χ0n) is 11.2. The van der Waals surface area contributed by atoms with Gasteiger partial charge in [0.2, 0.25) is 11.8 Å². The largest absolute Gasteiger partial charge is 0.409 e. The minimum Gasteiger partial charge on any atom is -0.409 e. The fourth-order valence-electron chi connectivity index (χ4n) is 1.76. The molecular formula is C12H22N4O3. The molecule has 7 nitrogen and oxygen atoms in total. The van der Waals surface area contributed by atoms with E-state index in [0.29, 0.717) is 19.5 Å². The Morgan fingerprint density at radius 1 is 1.37 bits per heavy atom. The van der Waals surface area contributed by atoms with Crippen LogP contribution in [-0.4, -0.2) is 35.9 Å². The van der Waals surface area contributed by atoms with Gasteiger partial charge in [-0.05, 0) is 19.3 Å². The second-order valence-electron chi connectivity index (χ2n) is 4.72. The van der Waals surface area contributed by atoms with E-state index in [2.05, 4.69) is 15.8 Å². The van der Waals surface area contributed by atoms with E-state index in [1.54, 1.807) is 0 Å². The van der Waals surface area contributed by atoms with Crippen LogP contribution in [0, 0.1) is 11.8 Å². The van der Waals surface area contributed by atoms with E-state index < -0.39 is 5.92 Å². The van der Waals surface area contributed by atoms with Crippen molar-refractivity contribution in [3.05, 3.63) is 0 Å². The summed E-state index contributed by atoms with van der Waals surface area (Å²) in [5, 5.41) is 16.9. The third kappa shape index (κ3) is 5.15. The summed E-state index contributed by atoms with van der Waals surface area (Å²) in [6.07, 6.45) is 3.20. The van der Waals surface area contributed by atoms with Crippen LogP contribution >= 0.6 is 0 Å². The molecule has 108 valence electrons. The first kappa shape index (κ1) is 15.3. The van der Waals surface area contributed by atoms with Crippen LogP contribution in [0.2, 0.25) is 0 Å². The lowest BCUT2D eigenvalue weighted by Crippen LogP contribution is -2.42. The Labute approximate surface area is 112 Å². The smallest absolute Gasteiger partial charge is 0.230 e. The molecule has 0 saturated heterocycles. The molecule has 0 aromatic carbocycles. The van der Waals surface area contributed by atoms with Gasteiger partial charge in [-0.25, -0.2) is 0 Å². The van der Waals surface area contributed by atoms with Gasteiger partial charge in [-0.1, -0.05) is 18.5 Å². The van der Waals surface area contributed by atoms with Gasteiger partial charge in [-0.15, -0.1) is 0 Å². The molecule has 0 heterocycles. The number of hydrogen-bond acceptors (Lipinski definition) is 4. The summed E-state index contributed by atoms with van der Waals surface area (Å²) in [5.41, 5.74) is 5.47. The Balaban J connectivity index is 2.25. The van der Waals surface area contributed by atoms with Crippen molar-refractivity contribution >= 4 is 17.6 Å². The predicted molar refractivity (Wildman–Crippen MR) is 70.6 cm³/mol. The molecule has 2 amide bonds. The van der Waals surface area contributed by atoms with Gasteiger partial charge in [-0.3, -0.25) is 9.59 Å². The van der Waals surface area contributed by atoms with Gasteiger partial charge in [0.1, 0.15) is 0 Å². The van der Waals surface area contributed by atoms with Gasteiger partial charge in [0.05, 0.1) is 5.92 Å². The minimum absolute atomic E-state index is 0.0517. The quantitative estimate of drug-likeness (QED) is 0.160. The normalized spacial score (nSPS) is 16.8. The molecular weight excluding hydrogens is 248 g/mol. The fraction of sp³-hybridized carbons (Fsp3) is 0.750. The Morgan fingerprint density at radius 2 is 2.00 bits per heavy atom. The van der Waals surface area contributed by atoms with E-state index in [0.717, 1.165) is 19.3 Å². The van der Waals surface area contributed by atoms with Crippen molar-refractivity contribution in [1.29, 1.82) is 0 Å². The molecule has 7 heteroatoms. The third-order valence-electron chi connectivity index (χ3n) is 3.04. The van der Waals surface area contributed by atoms with Crippen molar-refractivity contribution in [2.75, 3.05) is 13.1 Å². The molecule has 1 rings (SSSR count). The van der Waals surface area contributed by atoms with E-state index in [1.807, 2.05) is 6.92 Å². The lowest BCUT2D eigenvalue weighted by molar-refractivity contribution is -0.124. The minimum atomic E-state index is -0.617. The zero-order chi connectivity index (χ0) is 14.3. The summed E-state index contributed by atoms with van der Waals surface area (Å²) in [4.78, 5) is 23.2. The molecule has 0 aromatic heterocycles. The second kappa shape index (κ2) is 7.60. The molecule has 0 aromatic rings. The predicted octanol–water partition coefficient (Wildman–Crippen LogP) is -0.208. The molecule has 1 unspecified atom stereocenters. The average Bonchev–Trinajstić information content (AvgIpc) is 3.24. The molecule has 1 aliphatic rings. The molecule has 0 bridgehead atoms. The van der Waals surface area contributed by atoms with Crippen LogP contribution in [0.25, 0.3) is 0 Å². The summed E-state index contributed by atoms with van der Waals surface area (Å²) in [7, 11) is 0. The van der Waals surface area contributed by atoms with Crippen LogP contribution in [-0.2, 0) is 9.59 Å². The van der Waals surface area contributed by atoms with E-state index in [1.165, 1.54) is 0 Å². The number of nitrogens with two attached hydrogens (primary N) is 1. The lowest BCUT2D eigenvalue weighted by Gasteiger charge is -2.14. The maximum absolute atomic E-state index is 11.8. The highest BCUT2D eigenvalue weighted by molar-refractivity contribution is 6.02. The monoisotopic (exact) mass is 270 g/mol. The summed E-state index contributed by atoms with van der Waals surface area (Å²) >= 11 is 0. The summed E-state index contributed by atoms with van der Waals surface area (Å²) in [6.45, 7) is 2.66. The van der Waals surface area contributed by atoms with Crippen LogP contribution in [0.3, 0.4) is 0 Å². The highest BCUT2D eigenvalue weighted by atomic mass is 16.4. The van der Waals surface area contributed by atoms with Gasteiger partial charge in [0.15, 0.2) is 5.84 Å². The van der Waals surface area contributed by atoms with Crippen LogP contribution in [0.1, 0.15) is 32.6 Å².